The Balaban J connectivity index is 2.87. The Morgan fingerprint density at radius 2 is 1.64 bits per heavy atom. The first-order valence-electron chi connectivity index (χ1n) is 3.42. The van der Waals surface area contributed by atoms with Gasteiger partial charge >= 0.3 is 0 Å². The van der Waals surface area contributed by atoms with Gasteiger partial charge in [0.05, 0.1) is 0 Å². The maximum absolute atomic E-state index is 5.74. The molecule has 1 saturated heterocycles. The number of hydrogen-bond acceptors (Lipinski definition) is 6. The molecule has 0 bridgehead atoms. The summed E-state index contributed by atoms with van der Waals surface area (Å²) in [4.78, 5) is 0. The summed E-state index contributed by atoms with van der Waals surface area (Å²) < 4.78 is 0. The van der Waals surface area contributed by atoms with E-state index in [0.29, 0.717) is 0 Å². The highest BCUT2D eigenvalue weighted by molar-refractivity contribution is 4.88. The molecular formula is C5H16N6. The van der Waals surface area contributed by atoms with E-state index in [1.165, 1.54) is 0 Å². The first-order chi connectivity index (χ1) is 4.89. The molecule has 0 amide bonds. The van der Waals surface area contributed by atoms with Crippen LogP contribution in [-0.2, 0) is 0 Å². The van der Waals surface area contributed by atoms with Gasteiger partial charge in [0.25, 0.3) is 0 Å². The number of hydrazine groups is 2. The zero-order valence-electron chi connectivity index (χ0n) is 7.15. The zero-order chi connectivity index (χ0) is 8.81. The average molecular weight is 160 g/mol. The van der Waals surface area contributed by atoms with Crippen molar-refractivity contribution in [1.29, 1.82) is 0 Å². The van der Waals surface area contributed by atoms with Crippen molar-refractivity contribution in [3.63, 3.8) is 0 Å². The van der Waals surface area contributed by atoms with Crippen molar-refractivity contribution in [3.05, 3.63) is 0 Å². The molecule has 11 heavy (non-hydrogen) atoms. The van der Waals surface area contributed by atoms with Crippen molar-refractivity contribution in [2.24, 2.45) is 17.2 Å². The summed E-state index contributed by atoms with van der Waals surface area (Å²) in [5.74, 6) is -0.983. The van der Waals surface area contributed by atoms with Crippen LogP contribution in [0.3, 0.4) is 0 Å². The van der Waals surface area contributed by atoms with E-state index in [1.54, 1.807) is 22.2 Å². The molecule has 0 saturated carbocycles. The van der Waals surface area contributed by atoms with E-state index in [-0.39, 0.29) is 6.17 Å². The highest BCUT2D eigenvalue weighted by Gasteiger charge is 2.46. The molecule has 6 N–H and O–H groups in total. The van der Waals surface area contributed by atoms with Crippen LogP contribution >= 0.6 is 0 Å². The highest BCUT2D eigenvalue weighted by atomic mass is 15.9. The molecule has 1 aliphatic rings. The van der Waals surface area contributed by atoms with Crippen LogP contribution in [0.25, 0.3) is 0 Å². The lowest BCUT2D eigenvalue weighted by Crippen LogP contribution is -2.68. The number of nitrogens with zero attached hydrogens (tertiary/aromatic N) is 3. The normalized spacial score (nSPS) is 34.9. The SMILES string of the molecule is CN1C(N)C(N)(N)N(C)N1C. The molecule has 66 valence electrons. The molecule has 0 radical (unpaired) electrons. The Morgan fingerprint density at radius 1 is 1.18 bits per heavy atom. The van der Waals surface area contributed by atoms with Gasteiger partial charge in [-0.25, -0.2) is 5.01 Å². The molecular weight excluding hydrogens is 144 g/mol. The fourth-order valence-corrected chi connectivity index (χ4v) is 1.13. The third-order valence-corrected chi connectivity index (χ3v) is 2.33. The van der Waals surface area contributed by atoms with Gasteiger partial charge in [0, 0.05) is 21.1 Å². The van der Waals surface area contributed by atoms with Crippen molar-refractivity contribution in [2.75, 3.05) is 21.1 Å². The molecule has 0 aliphatic carbocycles. The molecule has 0 spiro atoms. The Hall–Kier alpha value is -0.240. The van der Waals surface area contributed by atoms with E-state index in [9.17, 15) is 0 Å². The molecule has 1 unspecified atom stereocenters. The Kier molecular flexibility index (Phi) is 1.91. The number of rotatable bonds is 0. The van der Waals surface area contributed by atoms with Gasteiger partial charge in [-0.05, 0) is 0 Å². The summed E-state index contributed by atoms with van der Waals surface area (Å²) in [5.41, 5.74) is 17.2. The monoisotopic (exact) mass is 160 g/mol. The predicted molar refractivity (Wildman–Crippen MR) is 42.4 cm³/mol. The van der Waals surface area contributed by atoms with Gasteiger partial charge < -0.3 is 5.73 Å². The van der Waals surface area contributed by atoms with Crippen molar-refractivity contribution >= 4 is 0 Å². The van der Waals surface area contributed by atoms with Crippen LogP contribution in [-0.4, -0.2) is 48.2 Å². The fraction of sp³-hybridized carbons (Fsp3) is 1.00. The number of hydrogen-bond donors (Lipinski definition) is 3. The highest BCUT2D eigenvalue weighted by Crippen LogP contribution is 2.18. The second kappa shape index (κ2) is 2.37. The maximum Gasteiger partial charge on any atom is 0.165 e. The van der Waals surface area contributed by atoms with Crippen LogP contribution in [0.2, 0.25) is 0 Å². The van der Waals surface area contributed by atoms with Crippen molar-refractivity contribution in [3.8, 4) is 0 Å². The Morgan fingerprint density at radius 3 is 1.73 bits per heavy atom. The van der Waals surface area contributed by atoms with Crippen LogP contribution in [0.5, 0.6) is 0 Å². The molecule has 1 atom stereocenters. The predicted octanol–water partition coefficient (Wildman–Crippen LogP) is -2.52. The minimum absolute atomic E-state index is 0.377. The molecule has 1 fully saturated rings. The first-order valence-corrected chi connectivity index (χ1v) is 3.42. The zero-order valence-corrected chi connectivity index (χ0v) is 7.15. The van der Waals surface area contributed by atoms with E-state index in [4.69, 9.17) is 17.2 Å². The lowest BCUT2D eigenvalue weighted by molar-refractivity contribution is -0.0949. The molecule has 6 heteroatoms. The van der Waals surface area contributed by atoms with Crippen LogP contribution in [0.15, 0.2) is 0 Å². The van der Waals surface area contributed by atoms with Gasteiger partial charge in [-0.2, -0.15) is 10.1 Å². The maximum atomic E-state index is 5.74. The van der Waals surface area contributed by atoms with Gasteiger partial charge in [-0.1, -0.05) is 0 Å². The van der Waals surface area contributed by atoms with E-state index in [2.05, 4.69) is 0 Å². The second-order valence-electron chi connectivity index (χ2n) is 2.92. The van der Waals surface area contributed by atoms with Crippen LogP contribution in [0.1, 0.15) is 0 Å². The smallest absolute Gasteiger partial charge is 0.165 e. The number of nitrogens with two attached hydrogens (primary N) is 3. The van der Waals surface area contributed by atoms with Crippen LogP contribution < -0.4 is 17.2 Å². The molecule has 0 aromatic rings. The molecule has 1 rings (SSSR count). The van der Waals surface area contributed by atoms with Crippen LogP contribution in [0, 0.1) is 0 Å². The Bertz CT molecular complexity index is 141. The minimum Gasteiger partial charge on any atom is -0.311 e. The van der Waals surface area contributed by atoms with Crippen molar-refractivity contribution in [2.45, 2.75) is 12.0 Å². The first kappa shape index (κ1) is 8.85. The average Bonchev–Trinajstić information content (AvgIpc) is 2.06. The summed E-state index contributed by atoms with van der Waals surface area (Å²) in [5, 5.41) is 5.25. The van der Waals surface area contributed by atoms with E-state index in [1.807, 2.05) is 14.1 Å². The molecule has 0 aromatic carbocycles. The summed E-state index contributed by atoms with van der Waals surface area (Å²) in [7, 11) is 5.48. The topological polar surface area (TPSA) is 87.8 Å². The number of likely N-dealkylation sites (N-methyl/N-ethyl adjacent to an activating group) is 2. The van der Waals surface area contributed by atoms with Crippen LogP contribution in [0.4, 0.5) is 0 Å². The van der Waals surface area contributed by atoms with Crippen molar-refractivity contribution in [1.82, 2.24) is 15.1 Å². The van der Waals surface area contributed by atoms with Gasteiger partial charge in [-0.15, -0.1) is 0 Å². The lowest BCUT2D eigenvalue weighted by atomic mass is 10.3. The van der Waals surface area contributed by atoms with Gasteiger partial charge in [0.2, 0.25) is 0 Å². The fourth-order valence-electron chi connectivity index (χ4n) is 1.13. The van der Waals surface area contributed by atoms with Crippen molar-refractivity contribution < 1.29 is 0 Å². The third-order valence-electron chi connectivity index (χ3n) is 2.33. The largest absolute Gasteiger partial charge is 0.311 e. The summed E-state index contributed by atoms with van der Waals surface area (Å²) >= 11 is 0. The van der Waals surface area contributed by atoms with Gasteiger partial charge in [0.15, 0.2) is 5.79 Å². The summed E-state index contributed by atoms with van der Waals surface area (Å²) in [6, 6.07) is 0. The second-order valence-corrected chi connectivity index (χ2v) is 2.92. The Labute approximate surface area is 66.4 Å². The third kappa shape index (κ3) is 1.04. The minimum atomic E-state index is -0.983. The molecule has 0 aromatic heterocycles. The standard InChI is InChI=1S/C5H16N6/c1-9-4(6)5(7,8)10(2)11(9)3/h4H,6-8H2,1-3H3. The van der Waals surface area contributed by atoms with E-state index < -0.39 is 5.79 Å². The quantitative estimate of drug-likeness (QED) is 0.339. The summed E-state index contributed by atoms with van der Waals surface area (Å²) in [6.45, 7) is 0. The van der Waals surface area contributed by atoms with E-state index in [0.717, 1.165) is 0 Å². The molecule has 6 nitrogen and oxygen atoms in total. The van der Waals surface area contributed by atoms with E-state index >= 15 is 0 Å². The summed E-state index contributed by atoms with van der Waals surface area (Å²) in [6.07, 6.45) is -0.377. The van der Waals surface area contributed by atoms with Gasteiger partial charge in [-0.3, -0.25) is 11.5 Å². The van der Waals surface area contributed by atoms with Gasteiger partial charge in [0.1, 0.15) is 6.17 Å². The molecule has 1 heterocycles. The molecule has 1 aliphatic heterocycles. The lowest BCUT2D eigenvalue weighted by Gasteiger charge is -2.29.